The zero-order valence-electron chi connectivity index (χ0n) is 30.7. The predicted molar refractivity (Wildman–Crippen MR) is 207 cm³/mol. The van der Waals surface area contributed by atoms with Gasteiger partial charge in [0.2, 0.25) is 0 Å². The number of nitrogens with one attached hydrogen (secondary N) is 2. The lowest BCUT2D eigenvalue weighted by Gasteiger charge is -2.27. The lowest BCUT2D eigenvalue weighted by molar-refractivity contribution is 0.256. The van der Waals surface area contributed by atoms with Crippen molar-refractivity contribution in [2.75, 3.05) is 36.4 Å². The molecule has 4 aromatic rings. The van der Waals surface area contributed by atoms with E-state index in [9.17, 15) is 9.59 Å². The van der Waals surface area contributed by atoms with Crippen molar-refractivity contribution in [1.82, 2.24) is 14.9 Å². The van der Waals surface area contributed by atoms with Gasteiger partial charge in [0.15, 0.2) is 0 Å². The molecule has 0 unspecified atom stereocenters. The number of aromatic amines is 1. The number of benzene rings is 2. The number of hydrogen-bond acceptors (Lipinski definition) is 4. The van der Waals surface area contributed by atoms with Gasteiger partial charge in [-0.2, -0.15) is 0 Å². The number of anilines is 2. The third-order valence-corrected chi connectivity index (χ3v) is 8.93. The number of amides is 2. The second kappa shape index (κ2) is 18.4. The highest BCUT2D eigenvalue weighted by Crippen LogP contribution is 2.38. The highest BCUT2D eigenvalue weighted by Gasteiger charge is 2.24. The van der Waals surface area contributed by atoms with E-state index < -0.39 is 0 Å². The zero-order chi connectivity index (χ0) is 35.3. The van der Waals surface area contributed by atoms with Gasteiger partial charge in [-0.3, -0.25) is 14.6 Å². The van der Waals surface area contributed by atoms with E-state index in [1.165, 1.54) is 25.7 Å². The number of nitrogens with zero attached hydrogens (tertiary/aromatic N) is 3. The fourth-order valence-corrected chi connectivity index (χ4v) is 6.02. The average molecular weight is 662 g/mol. The second-order valence-corrected chi connectivity index (χ2v) is 13.6. The van der Waals surface area contributed by atoms with Crippen molar-refractivity contribution in [2.24, 2.45) is 0 Å². The second-order valence-electron chi connectivity index (χ2n) is 13.6. The van der Waals surface area contributed by atoms with Crippen molar-refractivity contribution in [2.45, 2.75) is 98.8 Å². The van der Waals surface area contributed by atoms with Crippen LogP contribution < -0.4 is 15.8 Å². The summed E-state index contributed by atoms with van der Waals surface area (Å²) >= 11 is 0. The zero-order valence-corrected chi connectivity index (χ0v) is 30.7. The number of unbranched alkanes of at least 4 members (excludes halogenated alkanes) is 3. The molecule has 49 heavy (non-hydrogen) atoms. The van der Waals surface area contributed by atoms with Crippen molar-refractivity contribution < 1.29 is 4.79 Å². The molecule has 260 valence electrons. The summed E-state index contributed by atoms with van der Waals surface area (Å²) in [6.07, 6.45) is 8.07. The van der Waals surface area contributed by atoms with Crippen molar-refractivity contribution in [1.29, 1.82) is 0 Å². The van der Waals surface area contributed by atoms with Gasteiger partial charge >= 0.3 is 6.03 Å². The molecule has 0 fully saturated rings. The van der Waals surface area contributed by atoms with Crippen LogP contribution in [0.25, 0.3) is 22.2 Å². The van der Waals surface area contributed by atoms with E-state index in [1.807, 2.05) is 12.1 Å². The molecule has 0 radical (unpaired) electrons. The van der Waals surface area contributed by atoms with Crippen LogP contribution in [0.15, 0.2) is 65.6 Å². The standard InChI is InChI=1S/C42H55N5O2/c1-8-11-22-46(23-12-9-2)24-16-18-32-17-14-19-33(26-32)35-27-36(30(4)5)39(37(28-35)31(6)7)44-42(49)47(25-13-10-3)38-29-34-20-15-21-43-40(34)45-41(38)48/h14-15,17,19-21,26-31H,8-13,22-25H2,1-7H3,(H,44,49)(H,43,45,48). The molecule has 2 aromatic heterocycles. The van der Waals surface area contributed by atoms with Crippen molar-refractivity contribution >= 4 is 28.4 Å². The fraction of sp³-hybridized carbons (Fsp3) is 0.452. The maximum atomic E-state index is 14.1. The molecule has 0 saturated carbocycles. The Morgan fingerprint density at radius 3 is 2.12 bits per heavy atom. The van der Waals surface area contributed by atoms with Gasteiger partial charge in [0.05, 0.1) is 6.54 Å². The summed E-state index contributed by atoms with van der Waals surface area (Å²) in [5.74, 6) is 7.15. The van der Waals surface area contributed by atoms with Gasteiger partial charge in [-0.1, -0.05) is 91.7 Å². The van der Waals surface area contributed by atoms with Gasteiger partial charge in [0.1, 0.15) is 11.3 Å². The Morgan fingerprint density at radius 1 is 0.837 bits per heavy atom. The van der Waals surface area contributed by atoms with Gasteiger partial charge in [-0.15, -0.1) is 0 Å². The molecule has 0 aliphatic heterocycles. The molecule has 2 aromatic carbocycles. The van der Waals surface area contributed by atoms with Gasteiger partial charge in [0.25, 0.3) is 5.56 Å². The summed E-state index contributed by atoms with van der Waals surface area (Å²) in [6, 6.07) is 18.0. The smallest absolute Gasteiger partial charge is 0.307 e. The van der Waals surface area contributed by atoms with Gasteiger partial charge in [0, 0.05) is 29.4 Å². The summed E-state index contributed by atoms with van der Waals surface area (Å²) in [5.41, 5.74) is 6.61. The number of hydrogen-bond donors (Lipinski definition) is 2. The van der Waals surface area contributed by atoms with Crippen LogP contribution >= 0.6 is 0 Å². The van der Waals surface area contributed by atoms with Crippen LogP contribution in [0.2, 0.25) is 0 Å². The van der Waals surface area contributed by atoms with Crippen molar-refractivity contribution in [3.63, 3.8) is 0 Å². The van der Waals surface area contributed by atoms with Crippen molar-refractivity contribution in [3.05, 3.63) is 87.8 Å². The lowest BCUT2D eigenvalue weighted by atomic mass is 9.88. The summed E-state index contributed by atoms with van der Waals surface area (Å²) in [5, 5.41) is 4.05. The SMILES string of the molecule is CCCCN(CC#Cc1cccc(-c2cc(C(C)C)c(NC(=O)N(CCCC)c3cc4cccnc4[nH]c3=O)c(C(C)C)c2)c1)CCCC. The molecule has 7 nitrogen and oxygen atoms in total. The molecule has 0 aliphatic carbocycles. The van der Waals surface area contributed by atoms with Crippen LogP contribution in [0.1, 0.15) is 116 Å². The van der Waals surface area contributed by atoms with E-state index in [2.05, 4.69) is 117 Å². The minimum Gasteiger partial charge on any atom is -0.307 e. The van der Waals surface area contributed by atoms with E-state index in [0.717, 1.165) is 71.4 Å². The first-order chi connectivity index (χ1) is 23.7. The Kier molecular flexibility index (Phi) is 14.0. The fourth-order valence-electron chi connectivity index (χ4n) is 6.02. The topological polar surface area (TPSA) is 81.3 Å². The molecule has 0 atom stereocenters. The van der Waals surface area contributed by atoms with Gasteiger partial charge in [-0.05, 0) is 109 Å². The molecule has 2 amide bonds. The third kappa shape index (κ3) is 10.1. The Balaban J connectivity index is 1.68. The van der Waals surface area contributed by atoms with Crippen LogP contribution in [-0.4, -0.2) is 47.1 Å². The average Bonchev–Trinajstić information content (AvgIpc) is 3.09. The third-order valence-electron chi connectivity index (χ3n) is 8.93. The summed E-state index contributed by atoms with van der Waals surface area (Å²) < 4.78 is 0. The highest BCUT2D eigenvalue weighted by atomic mass is 16.2. The van der Waals surface area contributed by atoms with E-state index in [0.29, 0.717) is 17.9 Å². The number of fused-ring (bicyclic) bond motifs is 1. The predicted octanol–water partition coefficient (Wildman–Crippen LogP) is 9.93. The Bertz CT molecular complexity index is 1780. The van der Waals surface area contributed by atoms with Gasteiger partial charge < -0.3 is 10.3 Å². The maximum Gasteiger partial charge on any atom is 0.326 e. The quantitative estimate of drug-likeness (QED) is 0.124. The van der Waals surface area contributed by atoms with E-state index in [-0.39, 0.29) is 23.4 Å². The van der Waals surface area contributed by atoms with E-state index >= 15 is 0 Å². The van der Waals surface area contributed by atoms with Crippen LogP contribution in [0.3, 0.4) is 0 Å². The number of rotatable bonds is 15. The molecule has 0 spiro atoms. The number of pyridine rings is 2. The molecule has 4 rings (SSSR count). The number of H-pyrrole nitrogens is 1. The summed E-state index contributed by atoms with van der Waals surface area (Å²) in [4.78, 5) is 38.6. The monoisotopic (exact) mass is 661 g/mol. The first kappa shape index (κ1) is 37.4. The first-order valence-electron chi connectivity index (χ1n) is 18.2. The Hall–Kier alpha value is -4.41. The molecule has 0 saturated heterocycles. The Labute approximate surface area is 293 Å². The molecule has 0 aliphatic rings. The number of carbonyl (C=O) groups is 1. The molecular formula is C42H55N5O2. The lowest BCUT2D eigenvalue weighted by Crippen LogP contribution is -2.39. The summed E-state index contributed by atoms with van der Waals surface area (Å²) in [7, 11) is 0. The summed E-state index contributed by atoms with van der Waals surface area (Å²) in [6.45, 7) is 18.6. The molecule has 2 N–H and O–H groups in total. The molecule has 2 heterocycles. The highest BCUT2D eigenvalue weighted by molar-refractivity contribution is 6.03. The number of aromatic nitrogens is 2. The minimum atomic E-state index is -0.335. The van der Waals surface area contributed by atoms with Crippen LogP contribution in [0, 0.1) is 11.8 Å². The Morgan fingerprint density at radius 2 is 1.49 bits per heavy atom. The normalized spacial score (nSPS) is 11.3. The molecule has 7 heteroatoms. The maximum absolute atomic E-state index is 14.1. The number of carbonyl (C=O) groups excluding carboxylic acids is 1. The van der Waals surface area contributed by atoms with E-state index in [1.54, 1.807) is 17.2 Å². The van der Waals surface area contributed by atoms with Crippen LogP contribution in [0.5, 0.6) is 0 Å². The largest absolute Gasteiger partial charge is 0.326 e. The van der Waals surface area contributed by atoms with Crippen molar-refractivity contribution in [3.8, 4) is 23.0 Å². The van der Waals surface area contributed by atoms with E-state index in [4.69, 9.17) is 0 Å². The minimum absolute atomic E-state index is 0.146. The molecular weight excluding hydrogens is 606 g/mol. The van der Waals surface area contributed by atoms with Crippen LogP contribution in [-0.2, 0) is 0 Å². The number of urea groups is 1. The first-order valence-corrected chi connectivity index (χ1v) is 18.2. The molecule has 0 bridgehead atoms. The van der Waals surface area contributed by atoms with Crippen LogP contribution in [0.4, 0.5) is 16.2 Å². The van der Waals surface area contributed by atoms with Gasteiger partial charge in [-0.25, -0.2) is 9.78 Å².